The van der Waals surface area contributed by atoms with Crippen molar-refractivity contribution in [2.24, 2.45) is 5.10 Å². The Morgan fingerprint density at radius 3 is 2.69 bits per heavy atom. The summed E-state index contributed by atoms with van der Waals surface area (Å²) in [4.78, 5) is 22.4. The number of hydrazone groups is 1. The normalized spacial score (nSPS) is 11.0. The van der Waals surface area contributed by atoms with Gasteiger partial charge in [0.05, 0.1) is 16.7 Å². The fraction of sp³-hybridized carbons (Fsp3) is 0.111. The van der Waals surface area contributed by atoms with Crippen molar-refractivity contribution in [2.75, 3.05) is 0 Å². The van der Waals surface area contributed by atoms with Crippen LogP contribution < -0.4 is 5.43 Å². The summed E-state index contributed by atoms with van der Waals surface area (Å²) in [6.45, 7) is 3.45. The Bertz CT molecular complexity index is 1000. The molecule has 0 spiro atoms. The number of nitrogens with one attached hydrogen (secondary N) is 1. The summed E-state index contributed by atoms with van der Waals surface area (Å²) in [6, 6.07) is 11.1. The van der Waals surface area contributed by atoms with E-state index < -0.39 is 4.92 Å². The van der Waals surface area contributed by atoms with Crippen molar-refractivity contribution in [1.82, 2.24) is 5.43 Å². The minimum atomic E-state index is -0.468. The van der Waals surface area contributed by atoms with Gasteiger partial charge in [-0.1, -0.05) is 12.1 Å². The lowest BCUT2D eigenvalue weighted by Gasteiger charge is -1.97. The molecule has 0 atom stereocenters. The van der Waals surface area contributed by atoms with Crippen molar-refractivity contribution in [2.45, 2.75) is 13.8 Å². The van der Waals surface area contributed by atoms with E-state index in [1.807, 2.05) is 0 Å². The van der Waals surface area contributed by atoms with Crippen LogP contribution >= 0.6 is 0 Å². The van der Waals surface area contributed by atoms with Gasteiger partial charge in [0.2, 0.25) is 0 Å². The van der Waals surface area contributed by atoms with Gasteiger partial charge in [-0.25, -0.2) is 5.43 Å². The molecule has 1 aromatic carbocycles. The SMILES string of the molecule is Cc1cc(C(=O)N/N=C\c2ccc(-c3cccc([N+](=O)[O-])c3)o2)c(C)o1. The van der Waals surface area contributed by atoms with Crippen molar-refractivity contribution in [3.05, 3.63) is 75.4 Å². The molecule has 2 aromatic heterocycles. The first-order chi connectivity index (χ1) is 12.4. The van der Waals surface area contributed by atoms with Crippen LogP contribution in [-0.4, -0.2) is 17.0 Å². The standard InChI is InChI=1S/C18H15N3O5/c1-11-8-16(12(2)25-11)18(22)20-19-10-15-6-7-17(26-15)13-4-3-5-14(9-13)21(23)24/h3-10H,1-2H3,(H,20,22)/b19-10-. The van der Waals surface area contributed by atoms with Crippen LogP contribution in [0.25, 0.3) is 11.3 Å². The fourth-order valence-corrected chi connectivity index (χ4v) is 2.42. The van der Waals surface area contributed by atoms with Gasteiger partial charge in [-0.2, -0.15) is 5.10 Å². The monoisotopic (exact) mass is 353 g/mol. The van der Waals surface area contributed by atoms with Gasteiger partial charge in [0.15, 0.2) is 0 Å². The molecular formula is C18H15N3O5. The molecule has 0 unspecified atom stereocenters. The van der Waals surface area contributed by atoms with Crippen molar-refractivity contribution >= 4 is 17.8 Å². The first-order valence-corrected chi connectivity index (χ1v) is 7.69. The fourth-order valence-electron chi connectivity index (χ4n) is 2.42. The summed E-state index contributed by atoms with van der Waals surface area (Å²) in [7, 11) is 0. The number of aryl methyl sites for hydroxylation is 2. The second-order valence-corrected chi connectivity index (χ2v) is 5.54. The van der Waals surface area contributed by atoms with Gasteiger partial charge < -0.3 is 8.83 Å². The van der Waals surface area contributed by atoms with E-state index in [-0.39, 0.29) is 11.6 Å². The van der Waals surface area contributed by atoms with Gasteiger partial charge in [0.1, 0.15) is 23.0 Å². The Morgan fingerprint density at radius 1 is 1.19 bits per heavy atom. The molecule has 0 aliphatic carbocycles. The summed E-state index contributed by atoms with van der Waals surface area (Å²) in [5.74, 6) is 1.63. The summed E-state index contributed by atoms with van der Waals surface area (Å²) in [5, 5.41) is 14.7. The number of hydrogen-bond acceptors (Lipinski definition) is 6. The second-order valence-electron chi connectivity index (χ2n) is 5.54. The van der Waals surface area contributed by atoms with E-state index >= 15 is 0 Å². The van der Waals surface area contributed by atoms with E-state index in [1.165, 1.54) is 18.3 Å². The summed E-state index contributed by atoms with van der Waals surface area (Å²) >= 11 is 0. The highest BCUT2D eigenvalue weighted by atomic mass is 16.6. The molecule has 0 aliphatic heterocycles. The molecule has 0 fully saturated rings. The van der Waals surface area contributed by atoms with Gasteiger partial charge >= 0.3 is 0 Å². The van der Waals surface area contributed by atoms with E-state index in [1.54, 1.807) is 44.2 Å². The van der Waals surface area contributed by atoms with Gasteiger partial charge in [-0.05, 0) is 32.0 Å². The van der Waals surface area contributed by atoms with Crippen LogP contribution in [0.2, 0.25) is 0 Å². The zero-order valence-corrected chi connectivity index (χ0v) is 14.1. The quantitative estimate of drug-likeness (QED) is 0.426. The molecule has 2 heterocycles. The van der Waals surface area contributed by atoms with Gasteiger partial charge in [-0.3, -0.25) is 14.9 Å². The van der Waals surface area contributed by atoms with Crippen molar-refractivity contribution < 1.29 is 18.6 Å². The Balaban J connectivity index is 1.69. The molecule has 8 nitrogen and oxygen atoms in total. The lowest BCUT2D eigenvalue weighted by molar-refractivity contribution is -0.384. The minimum Gasteiger partial charge on any atom is -0.466 e. The predicted octanol–water partition coefficient (Wildman–Crippen LogP) is 3.83. The van der Waals surface area contributed by atoms with E-state index in [0.717, 1.165) is 0 Å². The number of benzene rings is 1. The summed E-state index contributed by atoms with van der Waals surface area (Å²) in [6.07, 6.45) is 1.35. The first kappa shape index (κ1) is 17.2. The Hall–Kier alpha value is -3.68. The van der Waals surface area contributed by atoms with Gasteiger partial charge in [-0.15, -0.1) is 0 Å². The smallest absolute Gasteiger partial charge is 0.274 e. The number of carbonyl (C=O) groups is 1. The molecule has 3 aromatic rings. The third-order valence-electron chi connectivity index (χ3n) is 3.61. The highest BCUT2D eigenvalue weighted by Crippen LogP contribution is 2.25. The molecule has 1 N–H and O–H groups in total. The van der Waals surface area contributed by atoms with Gasteiger partial charge in [0, 0.05) is 17.7 Å². The van der Waals surface area contributed by atoms with E-state index in [2.05, 4.69) is 10.5 Å². The Kier molecular flexibility index (Phi) is 4.66. The molecule has 1 amide bonds. The number of nitro benzene ring substituents is 1. The highest BCUT2D eigenvalue weighted by Gasteiger charge is 2.13. The summed E-state index contributed by atoms with van der Waals surface area (Å²) < 4.78 is 10.9. The maximum Gasteiger partial charge on any atom is 0.274 e. The molecule has 3 rings (SSSR count). The molecule has 0 saturated carbocycles. The number of amides is 1. The molecule has 0 saturated heterocycles. The Labute approximate surface area is 148 Å². The lowest BCUT2D eigenvalue weighted by Crippen LogP contribution is -2.17. The molecule has 26 heavy (non-hydrogen) atoms. The zero-order chi connectivity index (χ0) is 18.7. The molecule has 132 valence electrons. The van der Waals surface area contributed by atoms with Crippen LogP contribution in [-0.2, 0) is 0 Å². The minimum absolute atomic E-state index is 0.0212. The number of nitrogens with zero attached hydrogens (tertiary/aromatic N) is 2. The topological polar surface area (TPSA) is 111 Å². The average Bonchev–Trinajstić information content (AvgIpc) is 3.21. The van der Waals surface area contributed by atoms with Crippen LogP contribution in [0.1, 0.15) is 27.6 Å². The first-order valence-electron chi connectivity index (χ1n) is 7.69. The van der Waals surface area contributed by atoms with E-state index in [9.17, 15) is 14.9 Å². The number of non-ortho nitro benzene ring substituents is 1. The highest BCUT2D eigenvalue weighted by molar-refractivity contribution is 5.95. The number of rotatable bonds is 5. The third-order valence-corrected chi connectivity index (χ3v) is 3.61. The van der Waals surface area contributed by atoms with E-state index in [4.69, 9.17) is 8.83 Å². The number of carbonyl (C=O) groups excluding carboxylic acids is 1. The van der Waals surface area contributed by atoms with E-state index in [0.29, 0.717) is 34.2 Å². The number of nitro groups is 1. The molecule has 0 aliphatic rings. The number of hydrogen-bond donors (Lipinski definition) is 1. The van der Waals surface area contributed by atoms with Crippen LogP contribution in [0.4, 0.5) is 5.69 Å². The summed E-state index contributed by atoms with van der Waals surface area (Å²) in [5.41, 5.74) is 3.36. The van der Waals surface area contributed by atoms with Crippen molar-refractivity contribution in [3.8, 4) is 11.3 Å². The van der Waals surface area contributed by atoms with Crippen molar-refractivity contribution in [1.29, 1.82) is 0 Å². The van der Waals surface area contributed by atoms with Crippen molar-refractivity contribution in [3.63, 3.8) is 0 Å². The lowest BCUT2D eigenvalue weighted by atomic mass is 10.1. The Morgan fingerprint density at radius 2 is 2.00 bits per heavy atom. The molecular weight excluding hydrogens is 338 g/mol. The number of furan rings is 2. The second kappa shape index (κ2) is 7.06. The molecule has 0 radical (unpaired) electrons. The third kappa shape index (κ3) is 3.69. The maximum absolute atomic E-state index is 12.0. The zero-order valence-electron chi connectivity index (χ0n) is 14.1. The van der Waals surface area contributed by atoms with Gasteiger partial charge in [0.25, 0.3) is 11.6 Å². The van der Waals surface area contributed by atoms with Crippen LogP contribution in [0.5, 0.6) is 0 Å². The maximum atomic E-state index is 12.0. The van der Waals surface area contributed by atoms with Crippen LogP contribution in [0, 0.1) is 24.0 Å². The molecule has 8 heteroatoms. The molecule has 0 bridgehead atoms. The average molecular weight is 353 g/mol. The largest absolute Gasteiger partial charge is 0.466 e. The van der Waals surface area contributed by atoms with Crippen LogP contribution in [0.15, 0.2) is 56.4 Å². The van der Waals surface area contributed by atoms with Crippen LogP contribution in [0.3, 0.4) is 0 Å². The predicted molar refractivity (Wildman–Crippen MR) is 94.0 cm³/mol.